The van der Waals surface area contributed by atoms with Gasteiger partial charge < -0.3 is 9.80 Å². The van der Waals surface area contributed by atoms with Gasteiger partial charge in [-0.2, -0.15) is 0 Å². The Morgan fingerprint density at radius 1 is 1.31 bits per heavy atom. The molecule has 0 radical (unpaired) electrons. The first-order chi connectivity index (χ1) is 7.67. The fourth-order valence-electron chi connectivity index (χ4n) is 1.40. The van der Waals surface area contributed by atoms with Crippen LogP contribution in [0, 0.1) is 0 Å². The highest BCUT2D eigenvalue weighted by Crippen LogP contribution is 2.21. The second kappa shape index (κ2) is 7.09. The molecule has 5 heteroatoms. The molecule has 92 valence electrons. The molecule has 0 aliphatic carbocycles. The summed E-state index contributed by atoms with van der Waals surface area (Å²) in [7, 11) is 4.19. The molecule has 3 nitrogen and oxygen atoms in total. The van der Waals surface area contributed by atoms with Crippen molar-refractivity contribution < 1.29 is 0 Å². The molecule has 0 spiro atoms. The van der Waals surface area contributed by atoms with Crippen molar-refractivity contribution in [2.45, 2.75) is 19.2 Å². The van der Waals surface area contributed by atoms with E-state index in [4.69, 9.17) is 11.6 Å². The van der Waals surface area contributed by atoms with Crippen LogP contribution in [0.2, 0.25) is 0 Å². The van der Waals surface area contributed by atoms with Gasteiger partial charge >= 0.3 is 0 Å². The molecule has 0 aliphatic heterocycles. The molecule has 0 aliphatic rings. The number of aromatic nitrogens is 1. The highest BCUT2D eigenvalue weighted by molar-refractivity contribution is 7.13. The van der Waals surface area contributed by atoms with Gasteiger partial charge in [0.15, 0.2) is 5.13 Å². The molecular weight excluding hydrogens is 242 g/mol. The van der Waals surface area contributed by atoms with E-state index in [0.717, 1.165) is 36.9 Å². The molecule has 1 heterocycles. The minimum Gasteiger partial charge on any atom is -0.347 e. The molecule has 0 fully saturated rings. The number of rotatable bonds is 7. The number of anilines is 1. The molecule has 0 atom stereocenters. The molecular formula is C11H20ClN3S. The Hall–Kier alpha value is -0.320. The standard InChI is InChI=1S/C11H20ClN3S/c1-4-5-15(7-6-14(2)3)11-13-10(8-12)9-16-11/h9H,4-8H2,1-3H3. The van der Waals surface area contributed by atoms with Gasteiger partial charge in [-0.15, -0.1) is 22.9 Å². The Labute approximate surface area is 107 Å². The zero-order chi connectivity index (χ0) is 12.0. The fraction of sp³-hybridized carbons (Fsp3) is 0.727. The lowest BCUT2D eigenvalue weighted by Gasteiger charge is -2.23. The molecule has 16 heavy (non-hydrogen) atoms. The molecule has 1 aromatic heterocycles. The number of halogens is 1. The van der Waals surface area contributed by atoms with E-state index >= 15 is 0 Å². The van der Waals surface area contributed by atoms with E-state index in [1.807, 2.05) is 5.38 Å². The lowest BCUT2D eigenvalue weighted by atomic mass is 10.4. The van der Waals surface area contributed by atoms with Gasteiger partial charge in [-0.3, -0.25) is 0 Å². The maximum absolute atomic E-state index is 5.77. The summed E-state index contributed by atoms with van der Waals surface area (Å²) < 4.78 is 0. The number of hydrogen-bond acceptors (Lipinski definition) is 4. The summed E-state index contributed by atoms with van der Waals surface area (Å²) in [6, 6.07) is 0. The Morgan fingerprint density at radius 2 is 2.06 bits per heavy atom. The summed E-state index contributed by atoms with van der Waals surface area (Å²) in [5, 5.41) is 3.14. The minimum atomic E-state index is 0.504. The van der Waals surface area contributed by atoms with Gasteiger partial charge in [-0.05, 0) is 20.5 Å². The van der Waals surface area contributed by atoms with Crippen molar-refractivity contribution in [3.63, 3.8) is 0 Å². The van der Waals surface area contributed by atoms with Crippen molar-refractivity contribution >= 4 is 28.1 Å². The van der Waals surface area contributed by atoms with Crippen LogP contribution >= 0.6 is 22.9 Å². The first kappa shape index (κ1) is 13.7. The van der Waals surface area contributed by atoms with E-state index in [9.17, 15) is 0 Å². The van der Waals surface area contributed by atoms with Crippen LogP contribution in [0.4, 0.5) is 5.13 Å². The van der Waals surface area contributed by atoms with Crippen LogP contribution in [0.1, 0.15) is 19.0 Å². The van der Waals surface area contributed by atoms with E-state index in [2.05, 4.69) is 35.8 Å². The first-order valence-corrected chi connectivity index (χ1v) is 6.98. The third-order valence-electron chi connectivity index (χ3n) is 2.26. The predicted molar refractivity (Wildman–Crippen MR) is 72.7 cm³/mol. The quantitative estimate of drug-likeness (QED) is 0.704. The van der Waals surface area contributed by atoms with Crippen LogP contribution in [0.25, 0.3) is 0 Å². The second-order valence-electron chi connectivity index (χ2n) is 4.05. The maximum atomic E-state index is 5.77. The maximum Gasteiger partial charge on any atom is 0.185 e. The third-order valence-corrected chi connectivity index (χ3v) is 3.48. The summed E-state index contributed by atoms with van der Waals surface area (Å²) in [4.78, 5) is 9.05. The Bertz CT molecular complexity index is 301. The molecule has 0 unspecified atom stereocenters. The van der Waals surface area contributed by atoms with Crippen LogP contribution in [-0.2, 0) is 5.88 Å². The van der Waals surface area contributed by atoms with Gasteiger partial charge in [0.1, 0.15) is 0 Å². The zero-order valence-electron chi connectivity index (χ0n) is 10.2. The molecule has 1 aromatic rings. The first-order valence-electron chi connectivity index (χ1n) is 5.57. The normalized spacial score (nSPS) is 11.1. The van der Waals surface area contributed by atoms with E-state index in [0.29, 0.717) is 5.88 Å². The van der Waals surface area contributed by atoms with Crippen molar-refractivity contribution in [1.82, 2.24) is 9.88 Å². The third kappa shape index (κ3) is 4.28. The zero-order valence-corrected chi connectivity index (χ0v) is 11.8. The van der Waals surface area contributed by atoms with E-state index in [-0.39, 0.29) is 0 Å². The summed E-state index contributed by atoms with van der Waals surface area (Å²) in [5.74, 6) is 0.504. The van der Waals surface area contributed by atoms with Crippen LogP contribution in [0.3, 0.4) is 0 Å². The highest BCUT2D eigenvalue weighted by Gasteiger charge is 2.10. The molecule has 0 saturated carbocycles. The number of alkyl halides is 1. The molecule has 1 rings (SSSR count). The highest BCUT2D eigenvalue weighted by atomic mass is 35.5. The largest absolute Gasteiger partial charge is 0.347 e. The number of likely N-dealkylation sites (N-methyl/N-ethyl adjacent to an activating group) is 1. The molecule has 0 saturated heterocycles. The lowest BCUT2D eigenvalue weighted by molar-refractivity contribution is 0.413. The van der Waals surface area contributed by atoms with Crippen molar-refractivity contribution in [3.05, 3.63) is 11.1 Å². The van der Waals surface area contributed by atoms with Gasteiger partial charge in [0.25, 0.3) is 0 Å². The Kier molecular flexibility index (Phi) is 6.09. The van der Waals surface area contributed by atoms with Gasteiger partial charge in [-0.1, -0.05) is 6.92 Å². The smallest absolute Gasteiger partial charge is 0.185 e. The van der Waals surface area contributed by atoms with Crippen molar-refractivity contribution in [2.75, 3.05) is 38.6 Å². The summed E-state index contributed by atoms with van der Waals surface area (Å²) >= 11 is 7.45. The summed E-state index contributed by atoms with van der Waals surface area (Å²) in [6.07, 6.45) is 1.14. The van der Waals surface area contributed by atoms with Crippen LogP contribution < -0.4 is 4.90 Å². The van der Waals surface area contributed by atoms with Crippen LogP contribution in [0.5, 0.6) is 0 Å². The molecule has 0 amide bonds. The van der Waals surface area contributed by atoms with Crippen molar-refractivity contribution in [3.8, 4) is 0 Å². The van der Waals surface area contributed by atoms with E-state index in [1.165, 1.54) is 0 Å². The topological polar surface area (TPSA) is 19.4 Å². The van der Waals surface area contributed by atoms with Crippen molar-refractivity contribution in [2.24, 2.45) is 0 Å². The fourth-order valence-corrected chi connectivity index (χ4v) is 2.50. The average Bonchev–Trinajstić information content (AvgIpc) is 2.72. The van der Waals surface area contributed by atoms with E-state index < -0.39 is 0 Å². The molecule has 0 aromatic carbocycles. The Morgan fingerprint density at radius 3 is 2.56 bits per heavy atom. The predicted octanol–water partition coefficient (Wildman–Crippen LogP) is 2.66. The van der Waals surface area contributed by atoms with Gasteiger partial charge in [0.05, 0.1) is 11.6 Å². The van der Waals surface area contributed by atoms with Gasteiger partial charge in [0.2, 0.25) is 0 Å². The number of hydrogen-bond donors (Lipinski definition) is 0. The second-order valence-corrected chi connectivity index (χ2v) is 5.15. The summed E-state index contributed by atoms with van der Waals surface area (Å²) in [5.41, 5.74) is 0.979. The van der Waals surface area contributed by atoms with Gasteiger partial charge in [-0.25, -0.2) is 4.98 Å². The van der Waals surface area contributed by atoms with Crippen LogP contribution in [0.15, 0.2) is 5.38 Å². The number of thiazole rings is 1. The Balaban J connectivity index is 2.60. The van der Waals surface area contributed by atoms with Crippen molar-refractivity contribution in [1.29, 1.82) is 0 Å². The van der Waals surface area contributed by atoms with Gasteiger partial charge in [0, 0.05) is 25.0 Å². The monoisotopic (exact) mass is 261 g/mol. The number of nitrogens with zero attached hydrogens (tertiary/aromatic N) is 3. The molecule has 0 bridgehead atoms. The minimum absolute atomic E-state index is 0.504. The van der Waals surface area contributed by atoms with E-state index in [1.54, 1.807) is 11.3 Å². The average molecular weight is 262 g/mol. The summed E-state index contributed by atoms with van der Waals surface area (Å²) in [6.45, 7) is 5.33. The SMILES string of the molecule is CCCN(CCN(C)C)c1nc(CCl)cs1. The molecule has 0 N–H and O–H groups in total. The van der Waals surface area contributed by atoms with Crippen LogP contribution in [-0.4, -0.2) is 43.6 Å². The lowest BCUT2D eigenvalue weighted by Crippen LogP contribution is -2.32.